The minimum atomic E-state index is -0.228. The number of hydrogen-bond acceptors (Lipinski definition) is 1. The van der Waals surface area contributed by atoms with Crippen molar-refractivity contribution in [1.82, 2.24) is 4.90 Å². The normalized spacial score (nSPS) is 15.9. The van der Waals surface area contributed by atoms with Crippen molar-refractivity contribution in [2.45, 2.75) is 39.7 Å². The van der Waals surface area contributed by atoms with E-state index in [4.69, 9.17) is 0 Å². The van der Waals surface area contributed by atoms with Crippen LogP contribution in [0, 0.1) is 17.6 Å². The molecule has 0 aromatic heterocycles. The third-order valence-electron chi connectivity index (χ3n) is 4.55. The number of piperidine rings is 1. The van der Waals surface area contributed by atoms with Gasteiger partial charge in [-0.25, -0.2) is 8.78 Å². The summed E-state index contributed by atoms with van der Waals surface area (Å²) >= 11 is 0. The second-order valence-corrected chi connectivity index (χ2v) is 6.22. The average Bonchev–Trinajstić information content (AvgIpc) is 2.62. The number of likely N-dealkylation sites (tertiary alicyclic amines) is 1. The van der Waals surface area contributed by atoms with Gasteiger partial charge in [-0.2, -0.15) is 0 Å². The van der Waals surface area contributed by atoms with Crippen molar-refractivity contribution in [2.24, 2.45) is 5.92 Å². The van der Waals surface area contributed by atoms with Gasteiger partial charge in [-0.05, 0) is 67.2 Å². The van der Waals surface area contributed by atoms with Gasteiger partial charge in [0.1, 0.15) is 11.6 Å². The molecule has 3 rings (SSSR count). The van der Waals surface area contributed by atoms with Crippen molar-refractivity contribution in [2.75, 3.05) is 13.1 Å². The maximum atomic E-state index is 13.2. The molecule has 3 heteroatoms. The van der Waals surface area contributed by atoms with Gasteiger partial charge >= 0.3 is 0 Å². The van der Waals surface area contributed by atoms with Gasteiger partial charge in [0, 0.05) is 0 Å². The molecule has 1 fully saturated rings. The molecule has 1 aliphatic rings. The van der Waals surface area contributed by atoms with E-state index in [1.165, 1.54) is 37.1 Å². The molecule has 1 nitrogen and oxygen atoms in total. The molecule has 0 atom stereocenters. The first-order valence-corrected chi connectivity index (χ1v) is 8.88. The molecule has 0 aliphatic carbocycles. The van der Waals surface area contributed by atoms with E-state index in [2.05, 4.69) is 11.8 Å². The Labute approximate surface area is 144 Å². The maximum absolute atomic E-state index is 13.2. The van der Waals surface area contributed by atoms with Gasteiger partial charge in [-0.1, -0.05) is 45.0 Å². The average molecular weight is 331 g/mol. The first kappa shape index (κ1) is 18.6. The van der Waals surface area contributed by atoms with Crippen LogP contribution in [-0.2, 0) is 0 Å². The standard InChI is InChI=1S/C19H21F2N.C2H6/c1-14-10-12-22(13-11-14)19(15-2-6-17(20)7-3-15)16-4-8-18(21)9-5-16;1-2/h2-9,14,19H,10-13H2,1H3;1-2H3. The number of nitrogens with zero attached hydrogens (tertiary/aromatic N) is 1. The van der Waals surface area contributed by atoms with Crippen LogP contribution in [0.15, 0.2) is 48.5 Å². The molecule has 130 valence electrons. The SMILES string of the molecule is CC.CC1CCN(C(c2ccc(F)cc2)c2ccc(F)cc2)CC1. The van der Waals surface area contributed by atoms with Gasteiger partial charge in [0.05, 0.1) is 6.04 Å². The minimum absolute atomic E-state index is 0.0636. The lowest BCUT2D eigenvalue weighted by Crippen LogP contribution is -2.36. The molecule has 1 heterocycles. The summed E-state index contributed by atoms with van der Waals surface area (Å²) in [6.45, 7) is 8.31. The molecule has 0 bridgehead atoms. The highest BCUT2D eigenvalue weighted by Gasteiger charge is 2.26. The van der Waals surface area contributed by atoms with Crippen LogP contribution >= 0.6 is 0 Å². The molecular formula is C21H27F2N. The first-order chi connectivity index (χ1) is 11.6. The van der Waals surface area contributed by atoms with Crippen LogP contribution in [0.25, 0.3) is 0 Å². The lowest BCUT2D eigenvalue weighted by atomic mass is 9.92. The zero-order chi connectivity index (χ0) is 17.5. The molecule has 0 N–H and O–H groups in total. The molecule has 2 aromatic carbocycles. The Morgan fingerprint density at radius 3 is 1.54 bits per heavy atom. The van der Waals surface area contributed by atoms with Gasteiger partial charge in [0.15, 0.2) is 0 Å². The van der Waals surface area contributed by atoms with Crippen molar-refractivity contribution >= 4 is 0 Å². The zero-order valence-electron chi connectivity index (χ0n) is 14.8. The molecule has 0 amide bonds. The number of hydrogen-bond donors (Lipinski definition) is 0. The number of halogens is 2. The van der Waals surface area contributed by atoms with Crippen LogP contribution in [0.5, 0.6) is 0 Å². The van der Waals surface area contributed by atoms with Crippen LogP contribution in [0.4, 0.5) is 8.78 Å². The summed E-state index contributed by atoms with van der Waals surface area (Å²) in [4.78, 5) is 2.42. The van der Waals surface area contributed by atoms with E-state index in [1.807, 2.05) is 38.1 Å². The smallest absolute Gasteiger partial charge is 0.123 e. The highest BCUT2D eigenvalue weighted by atomic mass is 19.1. The lowest BCUT2D eigenvalue weighted by molar-refractivity contribution is 0.157. The Balaban J connectivity index is 0.00000100. The highest BCUT2D eigenvalue weighted by molar-refractivity contribution is 5.32. The first-order valence-electron chi connectivity index (χ1n) is 8.88. The Kier molecular flexibility index (Phi) is 6.92. The predicted molar refractivity (Wildman–Crippen MR) is 96.0 cm³/mol. The molecule has 0 unspecified atom stereocenters. The predicted octanol–water partition coefficient (Wildman–Crippen LogP) is 5.81. The molecule has 24 heavy (non-hydrogen) atoms. The summed E-state index contributed by atoms with van der Waals surface area (Å²) < 4.78 is 26.5. The van der Waals surface area contributed by atoms with E-state index < -0.39 is 0 Å². The van der Waals surface area contributed by atoms with Crippen LogP contribution in [0.3, 0.4) is 0 Å². The third-order valence-corrected chi connectivity index (χ3v) is 4.55. The molecule has 1 saturated heterocycles. The van der Waals surface area contributed by atoms with E-state index in [1.54, 1.807) is 0 Å². The molecule has 0 radical (unpaired) electrons. The summed E-state index contributed by atoms with van der Waals surface area (Å²) in [6, 6.07) is 13.4. The van der Waals surface area contributed by atoms with E-state index in [0.29, 0.717) is 0 Å². The monoisotopic (exact) mass is 331 g/mol. The largest absolute Gasteiger partial charge is 0.292 e. The van der Waals surface area contributed by atoms with Crippen molar-refractivity contribution in [3.8, 4) is 0 Å². The van der Waals surface area contributed by atoms with Gasteiger partial charge in [0.2, 0.25) is 0 Å². The fourth-order valence-electron chi connectivity index (χ4n) is 3.19. The highest BCUT2D eigenvalue weighted by Crippen LogP contribution is 2.32. The Morgan fingerprint density at radius 2 is 1.17 bits per heavy atom. The van der Waals surface area contributed by atoms with Gasteiger partial charge in [-0.3, -0.25) is 4.90 Å². The topological polar surface area (TPSA) is 3.24 Å². The lowest BCUT2D eigenvalue weighted by Gasteiger charge is -2.37. The summed E-state index contributed by atoms with van der Waals surface area (Å²) in [7, 11) is 0. The third kappa shape index (κ3) is 4.64. The Bertz CT molecular complexity index is 553. The summed E-state index contributed by atoms with van der Waals surface area (Å²) in [5.74, 6) is 0.293. The molecule has 0 spiro atoms. The van der Waals surface area contributed by atoms with Crippen molar-refractivity contribution < 1.29 is 8.78 Å². The molecule has 1 aliphatic heterocycles. The summed E-state index contributed by atoms with van der Waals surface area (Å²) in [6.07, 6.45) is 2.33. The van der Waals surface area contributed by atoms with Gasteiger partial charge < -0.3 is 0 Å². The number of rotatable bonds is 3. The Morgan fingerprint density at radius 1 is 0.792 bits per heavy atom. The van der Waals surface area contributed by atoms with Crippen molar-refractivity contribution in [3.05, 3.63) is 71.3 Å². The van der Waals surface area contributed by atoms with E-state index >= 15 is 0 Å². The van der Waals surface area contributed by atoms with E-state index in [9.17, 15) is 8.78 Å². The maximum Gasteiger partial charge on any atom is 0.123 e. The quantitative estimate of drug-likeness (QED) is 0.686. The van der Waals surface area contributed by atoms with Gasteiger partial charge in [-0.15, -0.1) is 0 Å². The fraction of sp³-hybridized carbons (Fsp3) is 0.429. The van der Waals surface area contributed by atoms with Crippen molar-refractivity contribution in [1.29, 1.82) is 0 Å². The Hall–Kier alpha value is -1.74. The van der Waals surface area contributed by atoms with E-state index in [-0.39, 0.29) is 17.7 Å². The van der Waals surface area contributed by atoms with E-state index in [0.717, 1.165) is 30.1 Å². The summed E-state index contributed by atoms with van der Waals surface area (Å²) in [5, 5.41) is 0. The molecular weight excluding hydrogens is 304 g/mol. The van der Waals surface area contributed by atoms with Crippen LogP contribution in [-0.4, -0.2) is 18.0 Å². The molecule has 2 aromatic rings. The van der Waals surface area contributed by atoms with Crippen molar-refractivity contribution in [3.63, 3.8) is 0 Å². The van der Waals surface area contributed by atoms with Crippen LogP contribution < -0.4 is 0 Å². The van der Waals surface area contributed by atoms with Crippen LogP contribution in [0.1, 0.15) is 50.8 Å². The fourth-order valence-corrected chi connectivity index (χ4v) is 3.19. The minimum Gasteiger partial charge on any atom is -0.292 e. The molecule has 0 saturated carbocycles. The zero-order valence-corrected chi connectivity index (χ0v) is 14.8. The second kappa shape index (κ2) is 8.93. The number of benzene rings is 2. The summed E-state index contributed by atoms with van der Waals surface area (Å²) in [5.41, 5.74) is 2.12. The van der Waals surface area contributed by atoms with Crippen LogP contribution in [0.2, 0.25) is 0 Å². The second-order valence-electron chi connectivity index (χ2n) is 6.22. The van der Waals surface area contributed by atoms with Gasteiger partial charge in [0.25, 0.3) is 0 Å².